The van der Waals surface area contributed by atoms with Gasteiger partial charge in [0.15, 0.2) is 10.3 Å². The van der Waals surface area contributed by atoms with E-state index in [4.69, 9.17) is 0 Å². The number of benzene rings is 4. The number of urea groups is 2. The van der Waals surface area contributed by atoms with Crippen molar-refractivity contribution in [2.24, 2.45) is 10.2 Å². The SMILES string of the molecule is Cc1ccc([O-])c(/C=N/NC(=O)Nc2nc(-c3ccccc3)cs2)c1.Cc1ccc([O-])c(/C=N/NC(=O)Nc2nc(-c3ccccc3)cs2)c1.[Cu+2]. The van der Waals surface area contributed by atoms with Gasteiger partial charge in [-0.2, -0.15) is 10.2 Å². The third-order valence-corrected chi connectivity index (χ3v) is 8.17. The maximum absolute atomic E-state index is 11.9. The molecule has 0 saturated carbocycles. The van der Waals surface area contributed by atoms with Crippen LogP contribution in [-0.4, -0.2) is 34.5 Å². The zero-order valence-electron chi connectivity index (χ0n) is 27.1. The van der Waals surface area contributed by atoms with Gasteiger partial charge in [-0.1, -0.05) is 120 Å². The van der Waals surface area contributed by atoms with E-state index in [0.717, 1.165) is 33.6 Å². The van der Waals surface area contributed by atoms with E-state index < -0.39 is 12.1 Å². The first-order valence-corrected chi connectivity index (χ1v) is 16.8. The first-order valence-electron chi connectivity index (χ1n) is 15.0. The van der Waals surface area contributed by atoms with Gasteiger partial charge in [0.05, 0.1) is 23.8 Å². The molecule has 6 rings (SSSR count). The predicted octanol–water partition coefficient (Wildman–Crippen LogP) is 6.69. The molecule has 0 spiro atoms. The van der Waals surface area contributed by atoms with E-state index in [1.165, 1.54) is 47.2 Å². The Morgan fingerprint density at radius 2 is 1.02 bits per heavy atom. The molecule has 6 aromatic rings. The molecule has 261 valence electrons. The number of rotatable bonds is 8. The summed E-state index contributed by atoms with van der Waals surface area (Å²) in [6, 6.07) is 28.1. The maximum Gasteiger partial charge on any atom is 2.00 e. The number of nitrogens with zero attached hydrogens (tertiary/aromatic N) is 4. The third kappa shape index (κ3) is 11.6. The van der Waals surface area contributed by atoms with Crippen molar-refractivity contribution in [2.75, 3.05) is 10.6 Å². The maximum atomic E-state index is 11.9. The van der Waals surface area contributed by atoms with Crippen molar-refractivity contribution in [3.63, 3.8) is 0 Å². The van der Waals surface area contributed by atoms with Gasteiger partial charge in [0.25, 0.3) is 0 Å². The van der Waals surface area contributed by atoms with Crippen LogP contribution >= 0.6 is 22.7 Å². The van der Waals surface area contributed by atoms with E-state index in [9.17, 15) is 19.8 Å². The number of nitrogens with one attached hydrogen (secondary N) is 4. The van der Waals surface area contributed by atoms with Gasteiger partial charge in [-0.15, -0.1) is 22.7 Å². The number of hydrogen-bond donors (Lipinski definition) is 4. The van der Waals surface area contributed by atoms with Crippen molar-refractivity contribution in [2.45, 2.75) is 13.8 Å². The van der Waals surface area contributed by atoms with Crippen molar-refractivity contribution in [1.29, 1.82) is 0 Å². The van der Waals surface area contributed by atoms with Gasteiger partial charge in [0.2, 0.25) is 0 Å². The topological polar surface area (TPSA) is 179 Å². The van der Waals surface area contributed by atoms with Gasteiger partial charge in [0.1, 0.15) is 0 Å². The molecule has 51 heavy (non-hydrogen) atoms. The summed E-state index contributed by atoms with van der Waals surface area (Å²) in [4.78, 5) is 32.4. The van der Waals surface area contributed by atoms with Crippen LogP contribution in [0.15, 0.2) is 118 Å². The molecule has 0 saturated heterocycles. The van der Waals surface area contributed by atoms with Gasteiger partial charge < -0.3 is 10.2 Å². The average molecular weight is 766 g/mol. The fourth-order valence-electron chi connectivity index (χ4n) is 4.25. The fraction of sp³-hybridized carbons (Fsp3) is 0.0556. The molecule has 1 radical (unpaired) electrons. The van der Waals surface area contributed by atoms with Crippen LogP contribution in [0.25, 0.3) is 22.5 Å². The summed E-state index contributed by atoms with van der Waals surface area (Å²) >= 11 is 2.64. The van der Waals surface area contributed by atoms with Gasteiger partial charge in [0, 0.05) is 21.9 Å². The Kier molecular flexibility index (Phi) is 14.0. The molecule has 0 aliphatic rings. The standard InChI is InChI=1S/2C18H16N4O2S.Cu/c2*1-12-7-8-16(23)14(9-12)10-19-22-17(24)21-18-20-15(11-25-18)13-5-3-2-4-6-13;/h2*2-11,23H,1H3,(H2,20,21,22,24);/q;;+2/p-2/b2*19-10+;. The molecule has 0 atom stereocenters. The average Bonchev–Trinajstić information content (AvgIpc) is 3.79. The minimum absolute atomic E-state index is 0. The van der Waals surface area contributed by atoms with Crippen molar-refractivity contribution in [1.82, 2.24) is 20.8 Å². The van der Waals surface area contributed by atoms with E-state index in [1.54, 1.807) is 24.3 Å². The summed E-state index contributed by atoms with van der Waals surface area (Å²) in [5.41, 5.74) is 10.9. The first-order chi connectivity index (χ1) is 24.2. The molecule has 0 aliphatic carbocycles. The Hall–Kier alpha value is -5.86. The Balaban J connectivity index is 0.000000224. The number of amides is 4. The summed E-state index contributed by atoms with van der Waals surface area (Å²) in [5, 5.41) is 40.8. The predicted molar refractivity (Wildman–Crippen MR) is 196 cm³/mol. The minimum atomic E-state index is -0.523. The molecule has 0 fully saturated rings. The molecule has 15 heteroatoms. The first kappa shape index (κ1) is 37.9. The van der Waals surface area contributed by atoms with Crippen LogP contribution in [0, 0.1) is 13.8 Å². The second-order valence-electron chi connectivity index (χ2n) is 10.5. The molecule has 0 unspecified atom stereocenters. The van der Waals surface area contributed by atoms with Crippen molar-refractivity contribution >= 4 is 57.4 Å². The number of thiazole rings is 2. The van der Waals surface area contributed by atoms with E-state index in [0.29, 0.717) is 21.4 Å². The van der Waals surface area contributed by atoms with Crippen molar-refractivity contribution in [3.05, 3.63) is 130 Å². The van der Waals surface area contributed by atoms with Crippen LogP contribution in [0.1, 0.15) is 22.3 Å². The number of carbonyl (C=O) groups is 2. The zero-order valence-corrected chi connectivity index (χ0v) is 29.7. The fourth-order valence-corrected chi connectivity index (χ4v) is 5.68. The van der Waals surface area contributed by atoms with Gasteiger partial charge in [-0.25, -0.2) is 30.4 Å². The smallest absolute Gasteiger partial charge is 0.872 e. The second-order valence-corrected chi connectivity index (χ2v) is 12.3. The van der Waals surface area contributed by atoms with Crippen LogP contribution in [0.2, 0.25) is 0 Å². The van der Waals surface area contributed by atoms with E-state index in [-0.39, 0.29) is 28.6 Å². The normalized spacial score (nSPS) is 10.5. The van der Waals surface area contributed by atoms with Crippen LogP contribution in [-0.2, 0) is 17.1 Å². The Morgan fingerprint density at radius 3 is 1.41 bits per heavy atom. The van der Waals surface area contributed by atoms with E-state index in [1.807, 2.05) is 85.3 Å². The Morgan fingerprint density at radius 1 is 0.627 bits per heavy atom. The third-order valence-electron chi connectivity index (χ3n) is 6.66. The van der Waals surface area contributed by atoms with Crippen molar-refractivity contribution in [3.8, 4) is 34.0 Å². The zero-order chi connectivity index (χ0) is 35.3. The van der Waals surface area contributed by atoms with E-state index >= 15 is 0 Å². The molecule has 12 nitrogen and oxygen atoms in total. The van der Waals surface area contributed by atoms with Gasteiger partial charge in [-0.3, -0.25) is 10.6 Å². The quantitative estimate of drug-likeness (QED) is 0.0762. The molecule has 4 N–H and O–H groups in total. The molecular weight excluding hydrogens is 736 g/mol. The summed E-state index contributed by atoms with van der Waals surface area (Å²) in [7, 11) is 0. The Bertz CT molecular complexity index is 1970. The molecule has 2 heterocycles. The summed E-state index contributed by atoms with van der Waals surface area (Å²) in [5.74, 6) is -0.298. The number of hydrogen-bond acceptors (Lipinski definition) is 10. The number of hydrazone groups is 2. The second kappa shape index (κ2) is 18.8. The number of anilines is 2. The van der Waals surface area contributed by atoms with E-state index in [2.05, 4.69) is 41.7 Å². The van der Waals surface area contributed by atoms with Crippen LogP contribution in [0.3, 0.4) is 0 Å². The Labute approximate surface area is 312 Å². The van der Waals surface area contributed by atoms with Crippen LogP contribution in [0.5, 0.6) is 11.5 Å². The molecule has 2 aromatic heterocycles. The van der Waals surface area contributed by atoms with Crippen LogP contribution in [0.4, 0.5) is 19.9 Å². The summed E-state index contributed by atoms with van der Waals surface area (Å²) in [6.45, 7) is 3.76. The number of aromatic nitrogens is 2. The van der Waals surface area contributed by atoms with Gasteiger partial charge in [-0.05, 0) is 25.0 Å². The van der Waals surface area contributed by atoms with Crippen molar-refractivity contribution < 1.29 is 36.9 Å². The monoisotopic (exact) mass is 765 g/mol. The number of carbonyl (C=O) groups excluding carboxylic acids is 2. The van der Waals surface area contributed by atoms with Crippen LogP contribution < -0.4 is 31.7 Å². The summed E-state index contributed by atoms with van der Waals surface area (Å²) in [6.07, 6.45) is 2.65. The largest absolute Gasteiger partial charge is 2.00 e. The minimum Gasteiger partial charge on any atom is -0.872 e. The van der Waals surface area contributed by atoms with Gasteiger partial charge >= 0.3 is 29.1 Å². The molecule has 0 bridgehead atoms. The molecule has 4 amide bonds. The molecule has 4 aromatic carbocycles. The molecular formula is C36H30CuN8O4S2. The number of aryl methyl sites for hydroxylation is 2. The summed E-state index contributed by atoms with van der Waals surface area (Å²) < 4.78 is 0. The molecule has 0 aliphatic heterocycles.